The first-order valence-corrected chi connectivity index (χ1v) is 5.83. The monoisotopic (exact) mass is 238 g/mol. The maximum atomic E-state index is 13.6. The number of hydrogen-bond donors (Lipinski definition) is 1. The summed E-state index contributed by atoms with van der Waals surface area (Å²) < 4.78 is 13.6. The van der Waals surface area contributed by atoms with Crippen LogP contribution in [0.25, 0.3) is 0 Å². The van der Waals surface area contributed by atoms with E-state index >= 15 is 0 Å². The van der Waals surface area contributed by atoms with Crippen molar-refractivity contribution in [2.75, 3.05) is 5.32 Å². The van der Waals surface area contributed by atoms with Crippen LogP contribution in [-0.4, -0.2) is 11.0 Å². The molecule has 1 fully saturated rings. The van der Waals surface area contributed by atoms with Gasteiger partial charge in [-0.2, -0.15) is 0 Å². The maximum Gasteiger partial charge on any atom is 0.295 e. The van der Waals surface area contributed by atoms with Crippen LogP contribution in [0, 0.1) is 21.8 Å². The van der Waals surface area contributed by atoms with Crippen LogP contribution < -0.4 is 5.32 Å². The van der Waals surface area contributed by atoms with Crippen LogP contribution >= 0.6 is 0 Å². The fourth-order valence-electron chi connectivity index (χ4n) is 2.05. The number of anilines is 1. The van der Waals surface area contributed by atoms with E-state index in [1.807, 2.05) is 6.92 Å². The number of nitro groups is 1. The third-order valence-corrected chi connectivity index (χ3v) is 3.15. The number of hydrogen-bond acceptors (Lipinski definition) is 3. The Kier molecular flexibility index (Phi) is 3.26. The number of halogens is 1. The number of nitrogens with zero attached hydrogens (tertiary/aromatic N) is 1. The Hall–Kier alpha value is -1.65. The van der Waals surface area contributed by atoms with Gasteiger partial charge in [0.05, 0.1) is 4.92 Å². The third kappa shape index (κ3) is 2.54. The van der Waals surface area contributed by atoms with E-state index in [1.54, 1.807) is 0 Å². The molecule has 1 unspecified atom stereocenters. The van der Waals surface area contributed by atoms with Gasteiger partial charge in [-0.25, -0.2) is 4.39 Å². The van der Waals surface area contributed by atoms with Gasteiger partial charge in [0, 0.05) is 12.1 Å². The summed E-state index contributed by atoms with van der Waals surface area (Å²) in [5.74, 6) is -0.0301. The first-order chi connectivity index (χ1) is 8.13. The van der Waals surface area contributed by atoms with Crippen LogP contribution in [-0.2, 0) is 0 Å². The lowest BCUT2D eigenvalue weighted by molar-refractivity contribution is -0.384. The fraction of sp³-hybridized carbons (Fsp3) is 0.500. The predicted octanol–water partition coefficient (Wildman–Crippen LogP) is 3.33. The summed E-state index contributed by atoms with van der Waals surface area (Å²) in [6.07, 6.45) is 3.08. The van der Waals surface area contributed by atoms with Crippen LogP contribution in [0.3, 0.4) is 0 Å². The molecule has 0 aromatic heterocycles. The number of nitro benzene ring substituents is 1. The predicted molar refractivity (Wildman–Crippen MR) is 63.5 cm³/mol. The normalized spacial score (nSPS) is 16.6. The van der Waals surface area contributed by atoms with E-state index in [1.165, 1.54) is 18.2 Å². The number of rotatable bonds is 5. The van der Waals surface area contributed by atoms with Crippen LogP contribution in [0.5, 0.6) is 0 Å². The summed E-state index contributed by atoms with van der Waals surface area (Å²) in [4.78, 5) is 10.3. The van der Waals surface area contributed by atoms with Crippen molar-refractivity contribution >= 4 is 11.4 Å². The van der Waals surface area contributed by atoms with E-state index in [-0.39, 0.29) is 17.4 Å². The Balaban J connectivity index is 2.26. The van der Waals surface area contributed by atoms with Crippen molar-refractivity contribution in [1.82, 2.24) is 0 Å². The Labute approximate surface area is 99.0 Å². The van der Waals surface area contributed by atoms with Gasteiger partial charge in [0.25, 0.3) is 5.69 Å². The highest BCUT2D eigenvalue weighted by molar-refractivity contribution is 5.62. The van der Waals surface area contributed by atoms with Gasteiger partial charge in [-0.1, -0.05) is 13.0 Å². The standard InChI is InChI=1S/C12H15FN2O2/c1-2-10(8-6-7-8)14-12-9(13)4-3-5-11(12)15(16)17/h3-5,8,10,14H,2,6-7H2,1H3. The molecule has 0 aliphatic heterocycles. The SMILES string of the molecule is CCC(Nc1c(F)cccc1[N+](=O)[O-])C1CC1. The fourth-order valence-corrected chi connectivity index (χ4v) is 2.05. The van der Waals surface area contributed by atoms with Gasteiger partial charge < -0.3 is 5.32 Å². The van der Waals surface area contributed by atoms with Crippen molar-refractivity contribution in [3.05, 3.63) is 34.1 Å². The van der Waals surface area contributed by atoms with Gasteiger partial charge in [-0.05, 0) is 31.2 Å². The van der Waals surface area contributed by atoms with E-state index in [0.29, 0.717) is 5.92 Å². The second-order valence-corrected chi connectivity index (χ2v) is 4.39. The van der Waals surface area contributed by atoms with E-state index in [9.17, 15) is 14.5 Å². The smallest absolute Gasteiger partial charge is 0.295 e. The molecular formula is C12H15FN2O2. The minimum atomic E-state index is -0.557. The lowest BCUT2D eigenvalue weighted by Gasteiger charge is -2.17. The lowest BCUT2D eigenvalue weighted by atomic mass is 10.1. The topological polar surface area (TPSA) is 55.2 Å². The molecule has 1 aliphatic rings. The Morgan fingerprint density at radius 3 is 2.82 bits per heavy atom. The first kappa shape index (κ1) is 11.8. The van der Waals surface area contributed by atoms with Crippen LogP contribution in [0.4, 0.5) is 15.8 Å². The minimum Gasteiger partial charge on any atom is -0.374 e. The quantitative estimate of drug-likeness (QED) is 0.632. The molecule has 1 saturated carbocycles. The van der Waals surface area contributed by atoms with E-state index in [0.717, 1.165) is 19.3 Å². The third-order valence-electron chi connectivity index (χ3n) is 3.15. The molecule has 5 heteroatoms. The van der Waals surface area contributed by atoms with Crippen molar-refractivity contribution in [1.29, 1.82) is 0 Å². The van der Waals surface area contributed by atoms with Gasteiger partial charge in [0.1, 0.15) is 5.69 Å². The summed E-state index contributed by atoms with van der Waals surface area (Å²) in [5, 5.41) is 13.8. The Morgan fingerprint density at radius 1 is 1.59 bits per heavy atom. The molecule has 0 heterocycles. The summed E-state index contributed by atoms with van der Waals surface area (Å²) in [6, 6.07) is 4.06. The zero-order valence-corrected chi connectivity index (χ0v) is 9.65. The van der Waals surface area contributed by atoms with Crippen molar-refractivity contribution in [2.24, 2.45) is 5.92 Å². The van der Waals surface area contributed by atoms with Crippen LogP contribution in [0.1, 0.15) is 26.2 Å². The molecule has 0 saturated heterocycles. The Morgan fingerprint density at radius 2 is 2.29 bits per heavy atom. The number of benzene rings is 1. The summed E-state index contributed by atoms with van der Waals surface area (Å²) in [7, 11) is 0. The average Bonchev–Trinajstić information content (AvgIpc) is 3.11. The molecule has 1 aromatic carbocycles. The number of nitrogens with one attached hydrogen (secondary N) is 1. The molecule has 17 heavy (non-hydrogen) atoms. The molecule has 92 valence electrons. The van der Waals surface area contributed by atoms with Gasteiger partial charge in [0.2, 0.25) is 0 Å². The highest BCUT2D eigenvalue weighted by atomic mass is 19.1. The zero-order valence-electron chi connectivity index (χ0n) is 9.65. The van der Waals surface area contributed by atoms with Crippen molar-refractivity contribution in [3.63, 3.8) is 0 Å². The molecule has 1 aromatic rings. The van der Waals surface area contributed by atoms with Gasteiger partial charge in [0.15, 0.2) is 5.82 Å². The molecule has 0 spiro atoms. The van der Waals surface area contributed by atoms with Gasteiger partial charge in [-0.3, -0.25) is 10.1 Å². The van der Waals surface area contributed by atoms with Gasteiger partial charge >= 0.3 is 0 Å². The lowest BCUT2D eigenvalue weighted by Crippen LogP contribution is -2.22. The molecule has 0 bridgehead atoms. The van der Waals surface area contributed by atoms with E-state index in [4.69, 9.17) is 0 Å². The molecule has 1 aliphatic carbocycles. The molecular weight excluding hydrogens is 223 g/mol. The van der Waals surface area contributed by atoms with Crippen molar-refractivity contribution < 1.29 is 9.31 Å². The van der Waals surface area contributed by atoms with E-state index in [2.05, 4.69) is 5.32 Å². The molecule has 0 amide bonds. The molecule has 4 nitrogen and oxygen atoms in total. The van der Waals surface area contributed by atoms with Crippen molar-refractivity contribution in [2.45, 2.75) is 32.2 Å². The zero-order chi connectivity index (χ0) is 12.4. The first-order valence-electron chi connectivity index (χ1n) is 5.83. The largest absolute Gasteiger partial charge is 0.374 e. The van der Waals surface area contributed by atoms with E-state index < -0.39 is 10.7 Å². The molecule has 0 radical (unpaired) electrons. The average molecular weight is 238 g/mol. The molecule has 1 atom stereocenters. The van der Waals surface area contributed by atoms with Gasteiger partial charge in [-0.15, -0.1) is 0 Å². The van der Waals surface area contributed by atoms with Crippen LogP contribution in [0.2, 0.25) is 0 Å². The summed E-state index contributed by atoms with van der Waals surface area (Å²) >= 11 is 0. The highest BCUT2D eigenvalue weighted by Gasteiger charge is 2.32. The van der Waals surface area contributed by atoms with Crippen molar-refractivity contribution in [3.8, 4) is 0 Å². The number of para-hydroxylation sites is 1. The van der Waals surface area contributed by atoms with Crippen LogP contribution in [0.15, 0.2) is 18.2 Å². The summed E-state index contributed by atoms with van der Waals surface area (Å²) in [5.41, 5.74) is -0.166. The second kappa shape index (κ2) is 4.69. The molecule has 1 N–H and O–H groups in total. The second-order valence-electron chi connectivity index (χ2n) is 4.39. The molecule has 2 rings (SSSR count). The summed E-state index contributed by atoms with van der Waals surface area (Å²) in [6.45, 7) is 2.00. The minimum absolute atomic E-state index is 0.0243. The Bertz CT molecular complexity index is 433. The maximum absolute atomic E-state index is 13.6. The highest BCUT2D eigenvalue weighted by Crippen LogP contribution is 2.37.